The maximum Gasteiger partial charge on any atom is 0.266 e. The van der Waals surface area contributed by atoms with E-state index < -0.39 is 32.4 Å². The summed E-state index contributed by atoms with van der Waals surface area (Å²) < 4.78 is 45.8. The summed E-state index contributed by atoms with van der Waals surface area (Å²) in [5.74, 6) is -0.997. The first-order valence-corrected chi connectivity index (χ1v) is 12.5. The zero-order valence-electron chi connectivity index (χ0n) is 16.6. The summed E-state index contributed by atoms with van der Waals surface area (Å²) in [6.07, 6.45) is 0.171. The van der Waals surface area contributed by atoms with E-state index in [1.807, 2.05) is 13.8 Å². The van der Waals surface area contributed by atoms with Gasteiger partial charge in [-0.3, -0.25) is 4.72 Å². The first kappa shape index (κ1) is 23.5. The lowest BCUT2D eigenvalue weighted by Gasteiger charge is -2.30. The number of aliphatic hydroxyl groups excluding tert-OH is 1. The molecule has 0 aliphatic carbocycles. The molecule has 0 amide bonds. The molecule has 1 aliphatic heterocycles. The van der Waals surface area contributed by atoms with E-state index in [0.717, 1.165) is 23.7 Å². The third kappa shape index (κ3) is 3.93. The summed E-state index contributed by atoms with van der Waals surface area (Å²) in [4.78, 5) is 4.72. The third-order valence-electron chi connectivity index (χ3n) is 5.28. The van der Waals surface area contributed by atoms with Gasteiger partial charge < -0.3 is 10.0 Å². The average molecular weight is 538 g/mol. The number of aromatic nitrogens is 2. The van der Waals surface area contributed by atoms with E-state index in [1.54, 1.807) is 17.0 Å². The lowest BCUT2D eigenvalue weighted by molar-refractivity contribution is 0.108. The van der Waals surface area contributed by atoms with Gasteiger partial charge in [-0.05, 0) is 29.8 Å². The molecule has 2 aromatic carbocycles. The maximum atomic E-state index is 14.9. The number of nitrogens with zero attached hydrogens (tertiary/aromatic N) is 3. The van der Waals surface area contributed by atoms with Gasteiger partial charge in [-0.2, -0.15) is 4.37 Å². The number of sulfonamides is 1. The molecule has 0 radical (unpaired) electrons. The van der Waals surface area contributed by atoms with Crippen molar-refractivity contribution in [1.29, 1.82) is 0 Å². The molecular formula is C19H16Cl3FN4O3S2. The molecule has 1 atom stereocenters. The second kappa shape index (κ2) is 8.27. The first-order chi connectivity index (χ1) is 14.9. The molecule has 32 heavy (non-hydrogen) atoms. The number of fused-ring (bicyclic) bond motifs is 1. The van der Waals surface area contributed by atoms with Crippen LogP contribution < -0.4 is 9.62 Å². The number of nitrogens with one attached hydrogen (secondary N) is 1. The summed E-state index contributed by atoms with van der Waals surface area (Å²) in [7, 11) is -4.27. The van der Waals surface area contributed by atoms with Crippen LogP contribution in [0.2, 0.25) is 15.1 Å². The van der Waals surface area contributed by atoms with Crippen molar-refractivity contribution in [2.45, 2.75) is 36.9 Å². The molecule has 1 unspecified atom stereocenters. The topological polar surface area (TPSA) is 95.4 Å². The van der Waals surface area contributed by atoms with Crippen molar-refractivity contribution < 1.29 is 17.9 Å². The number of benzene rings is 2. The highest BCUT2D eigenvalue weighted by Crippen LogP contribution is 2.50. The normalized spacial score (nSPS) is 17.5. The fourth-order valence-electron chi connectivity index (χ4n) is 3.68. The Morgan fingerprint density at radius 1 is 1.25 bits per heavy atom. The van der Waals surface area contributed by atoms with Crippen molar-refractivity contribution >= 4 is 67.2 Å². The van der Waals surface area contributed by atoms with Crippen LogP contribution in [0.3, 0.4) is 0 Å². The summed E-state index contributed by atoms with van der Waals surface area (Å²) in [6.45, 7) is 3.64. The average Bonchev–Trinajstić information content (AvgIpc) is 3.27. The quantitative estimate of drug-likeness (QED) is 0.473. The van der Waals surface area contributed by atoms with Crippen molar-refractivity contribution in [1.82, 2.24) is 9.36 Å². The van der Waals surface area contributed by atoms with Crippen LogP contribution >= 0.6 is 46.3 Å². The zero-order valence-corrected chi connectivity index (χ0v) is 20.5. The van der Waals surface area contributed by atoms with Gasteiger partial charge in [0.15, 0.2) is 0 Å². The van der Waals surface area contributed by atoms with Crippen LogP contribution in [0.15, 0.2) is 35.5 Å². The number of halogens is 4. The molecule has 1 aliphatic rings. The highest BCUT2D eigenvalue weighted by atomic mass is 35.5. The highest BCUT2D eigenvalue weighted by molar-refractivity contribution is 7.93. The molecule has 0 saturated heterocycles. The van der Waals surface area contributed by atoms with Crippen molar-refractivity contribution in [3.63, 3.8) is 0 Å². The Kier molecular flexibility index (Phi) is 6.06. The van der Waals surface area contributed by atoms with Crippen LogP contribution in [-0.2, 0) is 22.0 Å². The lowest BCUT2D eigenvalue weighted by atomic mass is 9.85. The molecule has 4 rings (SSSR count). The van der Waals surface area contributed by atoms with E-state index in [-0.39, 0.29) is 22.3 Å². The molecule has 0 fully saturated rings. The molecule has 3 aromatic rings. The van der Waals surface area contributed by atoms with Crippen molar-refractivity contribution in [2.24, 2.45) is 0 Å². The van der Waals surface area contributed by atoms with Crippen LogP contribution in [0.1, 0.15) is 25.0 Å². The van der Waals surface area contributed by atoms with Gasteiger partial charge in [-0.25, -0.2) is 17.8 Å². The molecule has 170 valence electrons. The predicted molar refractivity (Wildman–Crippen MR) is 124 cm³/mol. The van der Waals surface area contributed by atoms with E-state index in [2.05, 4.69) is 14.1 Å². The molecule has 0 saturated carbocycles. The molecule has 2 heterocycles. The second-order valence-electron chi connectivity index (χ2n) is 7.70. The Hall–Kier alpha value is -1.69. The Labute approximate surface area is 203 Å². The fourth-order valence-corrected chi connectivity index (χ4v) is 6.28. The van der Waals surface area contributed by atoms with Gasteiger partial charge in [0, 0.05) is 39.8 Å². The monoisotopic (exact) mass is 536 g/mol. The Morgan fingerprint density at radius 3 is 2.62 bits per heavy atom. The van der Waals surface area contributed by atoms with Gasteiger partial charge in [0.2, 0.25) is 5.13 Å². The third-order valence-corrected chi connectivity index (χ3v) is 8.50. The lowest BCUT2D eigenvalue weighted by Crippen LogP contribution is -2.41. The van der Waals surface area contributed by atoms with Gasteiger partial charge in [-0.15, -0.1) is 0 Å². The standard InChI is InChI=1S/C19H16Cl3FN4O3S2/c1-19(2)15-13(4-3-10(20)16(15)22)27(17(19)28)7-9-5-12(23)14(6-11(9)21)32(29,30)26-18-24-8-25-31-18/h3-6,8,17,28H,7H2,1-2H3,(H,24,25,26). The number of aliphatic hydroxyl groups is 1. The van der Waals surface area contributed by atoms with Crippen LogP contribution in [0.5, 0.6) is 0 Å². The van der Waals surface area contributed by atoms with Gasteiger partial charge in [0.25, 0.3) is 10.0 Å². The molecule has 7 nitrogen and oxygen atoms in total. The molecule has 1 aromatic heterocycles. The van der Waals surface area contributed by atoms with Gasteiger partial charge in [0.05, 0.1) is 10.0 Å². The Morgan fingerprint density at radius 2 is 1.97 bits per heavy atom. The molecule has 2 N–H and O–H groups in total. The molecular weight excluding hydrogens is 522 g/mol. The van der Waals surface area contributed by atoms with Crippen molar-refractivity contribution in [3.8, 4) is 0 Å². The summed E-state index contributed by atoms with van der Waals surface area (Å²) in [5, 5.41) is 11.7. The summed E-state index contributed by atoms with van der Waals surface area (Å²) in [6, 6.07) is 5.39. The molecule has 0 spiro atoms. The number of hydrogen-bond donors (Lipinski definition) is 2. The van der Waals surface area contributed by atoms with Gasteiger partial charge >= 0.3 is 0 Å². The van der Waals surface area contributed by atoms with Crippen LogP contribution in [0.4, 0.5) is 15.2 Å². The van der Waals surface area contributed by atoms with E-state index in [1.165, 1.54) is 6.33 Å². The van der Waals surface area contributed by atoms with Crippen LogP contribution in [-0.4, -0.2) is 29.1 Å². The Balaban J connectivity index is 1.70. The van der Waals surface area contributed by atoms with Crippen LogP contribution in [0.25, 0.3) is 0 Å². The summed E-state index contributed by atoms with van der Waals surface area (Å²) >= 11 is 19.7. The molecule has 13 heteroatoms. The van der Waals surface area contributed by atoms with E-state index in [4.69, 9.17) is 34.8 Å². The van der Waals surface area contributed by atoms with E-state index in [0.29, 0.717) is 21.3 Å². The predicted octanol–water partition coefficient (Wildman–Crippen LogP) is 5.05. The zero-order chi connectivity index (χ0) is 23.4. The van der Waals surface area contributed by atoms with Gasteiger partial charge in [-0.1, -0.05) is 48.7 Å². The van der Waals surface area contributed by atoms with E-state index in [9.17, 15) is 17.9 Å². The van der Waals surface area contributed by atoms with Crippen molar-refractivity contribution in [2.75, 3.05) is 9.62 Å². The highest BCUT2D eigenvalue weighted by Gasteiger charge is 2.45. The minimum absolute atomic E-state index is 0.000772. The van der Waals surface area contributed by atoms with E-state index >= 15 is 0 Å². The summed E-state index contributed by atoms with van der Waals surface area (Å²) in [5.41, 5.74) is 0.809. The number of rotatable bonds is 5. The minimum Gasteiger partial charge on any atom is -0.373 e. The second-order valence-corrected chi connectivity index (χ2v) is 11.3. The SMILES string of the molecule is CC1(C)c2c(ccc(Cl)c2Cl)N(Cc2cc(F)c(S(=O)(=O)Nc3ncns3)cc2Cl)C1O. The number of anilines is 2. The fraction of sp³-hybridized carbons (Fsp3) is 0.263. The first-order valence-electron chi connectivity index (χ1n) is 9.14. The van der Waals surface area contributed by atoms with Gasteiger partial charge in [0.1, 0.15) is 23.3 Å². The Bertz CT molecular complexity index is 1300. The van der Waals surface area contributed by atoms with Crippen molar-refractivity contribution in [3.05, 3.63) is 62.6 Å². The maximum absolute atomic E-state index is 14.9. The molecule has 0 bridgehead atoms. The largest absolute Gasteiger partial charge is 0.373 e. The minimum atomic E-state index is -4.27. The number of hydrogen-bond acceptors (Lipinski definition) is 7. The van der Waals surface area contributed by atoms with Crippen LogP contribution in [0, 0.1) is 5.82 Å². The smallest absolute Gasteiger partial charge is 0.266 e.